The van der Waals surface area contributed by atoms with Gasteiger partial charge in [-0.25, -0.2) is 12.7 Å². The topological polar surface area (TPSA) is 73.8 Å². The third-order valence-electron chi connectivity index (χ3n) is 5.24. The minimum absolute atomic E-state index is 0.172. The fourth-order valence-corrected chi connectivity index (χ4v) is 4.38. The molecule has 1 saturated carbocycles. The predicted molar refractivity (Wildman–Crippen MR) is 113 cm³/mol. The quantitative estimate of drug-likeness (QED) is 0.553. The van der Waals surface area contributed by atoms with E-state index in [2.05, 4.69) is 39.9 Å². The smallest absolute Gasteiger partial charge is 0.242 e. The molecule has 0 heterocycles. The Labute approximate surface area is 167 Å². The second-order valence-electron chi connectivity index (χ2n) is 7.32. The zero-order chi connectivity index (χ0) is 20.2. The molecule has 1 fully saturated rings. The number of nitrogens with zero attached hydrogens (tertiary/aromatic N) is 2. The Morgan fingerprint density at radius 3 is 2.29 bits per heavy atom. The van der Waals surface area contributed by atoms with Crippen molar-refractivity contribution in [3.8, 4) is 0 Å². The van der Waals surface area contributed by atoms with E-state index in [9.17, 15) is 8.42 Å². The van der Waals surface area contributed by atoms with Gasteiger partial charge in [0.1, 0.15) is 0 Å². The standard InChI is InChI=1S/C21H28N4O2S/c1-22-20(24-16-21(13-14-21)18-10-5-4-6-11-18)23-15-17-9-7-8-12-19(17)28(26,27)25(2)3/h4-12H,13-16H2,1-3H3,(H2,22,23,24). The first-order chi connectivity index (χ1) is 13.4. The number of sulfonamides is 1. The summed E-state index contributed by atoms with van der Waals surface area (Å²) in [7, 11) is 1.31. The molecule has 1 aliphatic rings. The Kier molecular flexibility index (Phi) is 6.05. The van der Waals surface area contributed by atoms with Crippen molar-refractivity contribution in [2.24, 2.45) is 4.99 Å². The number of nitrogens with one attached hydrogen (secondary N) is 2. The molecule has 6 nitrogen and oxygen atoms in total. The van der Waals surface area contributed by atoms with Crippen LogP contribution in [0.15, 0.2) is 64.5 Å². The molecule has 28 heavy (non-hydrogen) atoms. The Morgan fingerprint density at radius 1 is 1.04 bits per heavy atom. The first-order valence-electron chi connectivity index (χ1n) is 9.39. The van der Waals surface area contributed by atoms with Crippen molar-refractivity contribution in [1.82, 2.24) is 14.9 Å². The van der Waals surface area contributed by atoms with Crippen LogP contribution in [0.3, 0.4) is 0 Å². The normalized spacial score (nSPS) is 16.1. The van der Waals surface area contributed by atoms with E-state index in [0.29, 0.717) is 23.0 Å². The van der Waals surface area contributed by atoms with E-state index < -0.39 is 10.0 Å². The van der Waals surface area contributed by atoms with Crippen LogP contribution < -0.4 is 10.6 Å². The summed E-state index contributed by atoms with van der Waals surface area (Å²) in [5.41, 5.74) is 2.23. The molecule has 2 aromatic rings. The summed E-state index contributed by atoms with van der Waals surface area (Å²) in [4.78, 5) is 4.60. The van der Waals surface area contributed by atoms with Gasteiger partial charge in [0, 0.05) is 39.6 Å². The maximum atomic E-state index is 12.5. The van der Waals surface area contributed by atoms with Gasteiger partial charge >= 0.3 is 0 Å². The molecule has 0 aliphatic heterocycles. The number of rotatable bonds is 7. The molecule has 0 radical (unpaired) electrons. The molecule has 0 unspecified atom stereocenters. The molecule has 0 amide bonds. The van der Waals surface area contributed by atoms with Crippen LogP contribution in [-0.4, -0.2) is 46.4 Å². The largest absolute Gasteiger partial charge is 0.356 e. The molecular weight excluding hydrogens is 372 g/mol. The Bertz CT molecular complexity index is 936. The minimum Gasteiger partial charge on any atom is -0.356 e. The zero-order valence-corrected chi connectivity index (χ0v) is 17.5. The highest BCUT2D eigenvalue weighted by atomic mass is 32.2. The van der Waals surface area contributed by atoms with Crippen LogP contribution in [0.25, 0.3) is 0 Å². The molecular formula is C21H28N4O2S. The van der Waals surface area contributed by atoms with Gasteiger partial charge in [-0.1, -0.05) is 48.5 Å². The first-order valence-corrected chi connectivity index (χ1v) is 10.8. The lowest BCUT2D eigenvalue weighted by molar-refractivity contribution is 0.519. The van der Waals surface area contributed by atoms with Crippen LogP contribution in [0.1, 0.15) is 24.0 Å². The molecule has 1 aliphatic carbocycles. The Morgan fingerprint density at radius 2 is 1.68 bits per heavy atom. The molecule has 150 valence electrons. The second kappa shape index (κ2) is 8.32. The van der Waals surface area contributed by atoms with Crippen LogP contribution in [-0.2, 0) is 22.0 Å². The lowest BCUT2D eigenvalue weighted by Gasteiger charge is -2.20. The van der Waals surface area contributed by atoms with E-state index in [0.717, 1.165) is 19.4 Å². The molecule has 7 heteroatoms. The van der Waals surface area contributed by atoms with Gasteiger partial charge in [-0.15, -0.1) is 0 Å². The van der Waals surface area contributed by atoms with Crippen molar-refractivity contribution in [1.29, 1.82) is 0 Å². The minimum atomic E-state index is -3.49. The lowest BCUT2D eigenvalue weighted by atomic mass is 9.96. The highest BCUT2D eigenvalue weighted by Crippen LogP contribution is 2.47. The van der Waals surface area contributed by atoms with Crippen molar-refractivity contribution in [2.75, 3.05) is 27.7 Å². The third kappa shape index (κ3) is 4.36. The summed E-state index contributed by atoms with van der Waals surface area (Å²) >= 11 is 0. The van der Waals surface area contributed by atoms with E-state index in [1.54, 1.807) is 33.3 Å². The number of hydrogen-bond donors (Lipinski definition) is 2. The van der Waals surface area contributed by atoms with Crippen molar-refractivity contribution >= 4 is 16.0 Å². The maximum Gasteiger partial charge on any atom is 0.242 e. The molecule has 3 rings (SSSR count). The highest BCUT2D eigenvalue weighted by molar-refractivity contribution is 7.89. The van der Waals surface area contributed by atoms with Gasteiger partial charge in [0.2, 0.25) is 10.0 Å². The van der Waals surface area contributed by atoms with Crippen LogP contribution in [0.2, 0.25) is 0 Å². The van der Waals surface area contributed by atoms with E-state index in [1.165, 1.54) is 9.87 Å². The predicted octanol–water partition coefficient (Wildman–Crippen LogP) is 2.33. The van der Waals surface area contributed by atoms with Crippen molar-refractivity contribution < 1.29 is 8.42 Å². The van der Waals surface area contributed by atoms with Gasteiger partial charge in [-0.05, 0) is 30.0 Å². The molecule has 2 aromatic carbocycles. The monoisotopic (exact) mass is 400 g/mol. The van der Waals surface area contributed by atoms with Crippen molar-refractivity contribution in [2.45, 2.75) is 29.7 Å². The summed E-state index contributed by atoms with van der Waals surface area (Å²) in [6.07, 6.45) is 2.32. The van der Waals surface area contributed by atoms with Crippen LogP contribution in [0.5, 0.6) is 0 Å². The maximum absolute atomic E-state index is 12.5. The SMILES string of the molecule is CN=C(NCc1ccccc1S(=O)(=O)N(C)C)NCC1(c2ccccc2)CC1. The second-order valence-corrected chi connectivity index (χ2v) is 9.44. The Hall–Kier alpha value is -2.38. The highest BCUT2D eigenvalue weighted by Gasteiger charge is 2.44. The summed E-state index contributed by atoms with van der Waals surface area (Å²) in [5, 5.41) is 6.65. The van der Waals surface area contributed by atoms with E-state index in [4.69, 9.17) is 0 Å². The molecule has 0 aromatic heterocycles. The average molecular weight is 401 g/mol. The average Bonchev–Trinajstić information content (AvgIpc) is 3.50. The zero-order valence-electron chi connectivity index (χ0n) is 16.6. The number of hydrogen-bond acceptors (Lipinski definition) is 3. The number of aliphatic imine (C=N–C) groups is 1. The summed E-state index contributed by atoms with van der Waals surface area (Å²) in [6.45, 7) is 1.18. The molecule has 0 bridgehead atoms. The van der Waals surface area contributed by atoms with Crippen molar-refractivity contribution in [3.63, 3.8) is 0 Å². The summed E-state index contributed by atoms with van der Waals surface area (Å²) in [5.74, 6) is 0.666. The fourth-order valence-electron chi connectivity index (χ4n) is 3.26. The lowest BCUT2D eigenvalue weighted by Crippen LogP contribution is -2.41. The summed E-state index contributed by atoms with van der Waals surface area (Å²) in [6, 6.07) is 17.6. The van der Waals surface area contributed by atoms with E-state index in [1.807, 2.05) is 18.2 Å². The van der Waals surface area contributed by atoms with Gasteiger partial charge in [-0.3, -0.25) is 4.99 Å². The van der Waals surface area contributed by atoms with Gasteiger partial charge < -0.3 is 10.6 Å². The fraction of sp³-hybridized carbons (Fsp3) is 0.381. The first kappa shape index (κ1) is 20.4. The summed E-state index contributed by atoms with van der Waals surface area (Å²) < 4.78 is 26.3. The van der Waals surface area contributed by atoms with Gasteiger partial charge in [0.05, 0.1) is 4.90 Å². The van der Waals surface area contributed by atoms with Crippen LogP contribution >= 0.6 is 0 Å². The molecule has 0 atom stereocenters. The number of benzene rings is 2. The number of guanidine groups is 1. The van der Waals surface area contributed by atoms with E-state index >= 15 is 0 Å². The molecule has 2 N–H and O–H groups in total. The van der Waals surface area contributed by atoms with Gasteiger partial charge in [0.25, 0.3) is 0 Å². The van der Waals surface area contributed by atoms with Gasteiger partial charge in [-0.2, -0.15) is 0 Å². The molecule has 0 saturated heterocycles. The van der Waals surface area contributed by atoms with Crippen molar-refractivity contribution in [3.05, 3.63) is 65.7 Å². The van der Waals surface area contributed by atoms with Crippen LogP contribution in [0.4, 0.5) is 0 Å². The molecule has 0 spiro atoms. The Balaban J connectivity index is 1.65. The third-order valence-corrected chi connectivity index (χ3v) is 7.15. The van der Waals surface area contributed by atoms with E-state index in [-0.39, 0.29) is 5.41 Å². The van der Waals surface area contributed by atoms with Gasteiger partial charge in [0.15, 0.2) is 5.96 Å². The van der Waals surface area contributed by atoms with Crippen LogP contribution in [0, 0.1) is 0 Å².